The summed E-state index contributed by atoms with van der Waals surface area (Å²) >= 11 is 0. The fourth-order valence-electron chi connectivity index (χ4n) is 3.35. The highest BCUT2D eigenvalue weighted by molar-refractivity contribution is 5.82. The van der Waals surface area contributed by atoms with Gasteiger partial charge in [0.2, 0.25) is 5.91 Å². The van der Waals surface area contributed by atoms with E-state index in [9.17, 15) is 9.90 Å². The normalized spacial score (nSPS) is 27.1. The van der Waals surface area contributed by atoms with Crippen molar-refractivity contribution in [3.05, 3.63) is 29.8 Å². The molecular formula is C17H26N2O2. The van der Waals surface area contributed by atoms with Gasteiger partial charge in [0.25, 0.3) is 0 Å². The number of nitrogens with two attached hydrogens (primary N) is 1. The lowest BCUT2D eigenvalue weighted by molar-refractivity contribution is -0.123. The standard InChI is InChI=1S/C17H26N2O2/c1-11-7-12(2)9-14(8-11)19-17(21)16(18)10-13-3-5-15(20)6-4-13/h3-6,11-12,14,16,20H,7-10,18H2,1-2H3,(H,19,21)/t11?,12?,14?,16-/m0/s1. The van der Waals surface area contributed by atoms with Crippen LogP contribution in [0.2, 0.25) is 0 Å². The minimum atomic E-state index is -0.540. The molecular weight excluding hydrogens is 264 g/mol. The number of hydrogen-bond acceptors (Lipinski definition) is 3. The molecule has 1 aromatic rings. The van der Waals surface area contributed by atoms with Crippen LogP contribution in [0.3, 0.4) is 0 Å². The number of nitrogens with one attached hydrogen (secondary N) is 1. The Bertz CT molecular complexity index is 462. The van der Waals surface area contributed by atoms with Crippen LogP contribution in [-0.4, -0.2) is 23.1 Å². The zero-order valence-electron chi connectivity index (χ0n) is 12.9. The van der Waals surface area contributed by atoms with Gasteiger partial charge >= 0.3 is 0 Å². The predicted octanol–water partition coefficient (Wildman–Crippen LogP) is 2.20. The summed E-state index contributed by atoms with van der Waals surface area (Å²) in [6.45, 7) is 4.48. The molecule has 4 N–H and O–H groups in total. The van der Waals surface area contributed by atoms with Crippen molar-refractivity contribution in [3.63, 3.8) is 0 Å². The average molecular weight is 290 g/mol. The van der Waals surface area contributed by atoms with E-state index in [0.717, 1.165) is 18.4 Å². The third-order valence-electron chi connectivity index (χ3n) is 4.25. The Kier molecular flexibility index (Phi) is 5.23. The Hall–Kier alpha value is -1.55. The molecule has 0 aromatic heterocycles. The molecule has 4 nitrogen and oxygen atoms in total. The molecule has 1 aromatic carbocycles. The summed E-state index contributed by atoms with van der Waals surface area (Å²) in [5.41, 5.74) is 6.96. The van der Waals surface area contributed by atoms with Crippen molar-refractivity contribution < 1.29 is 9.90 Å². The SMILES string of the molecule is CC1CC(C)CC(NC(=O)[C@@H](N)Cc2ccc(O)cc2)C1. The van der Waals surface area contributed by atoms with Crippen molar-refractivity contribution in [1.29, 1.82) is 0 Å². The van der Waals surface area contributed by atoms with E-state index in [1.165, 1.54) is 6.42 Å². The van der Waals surface area contributed by atoms with Gasteiger partial charge in [0.15, 0.2) is 0 Å². The zero-order chi connectivity index (χ0) is 15.4. The monoisotopic (exact) mass is 290 g/mol. The number of carbonyl (C=O) groups excluding carboxylic acids is 1. The Morgan fingerprint density at radius 3 is 2.38 bits per heavy atom. The van der Waals surface area contributed by atoms with Gasteiger partial charge in [0.05, 0.1) is 6.04 Å². The lowest BCUT2D eigenvalue weighted by Gasteiger charge is -2.32. The van der Waals surface area contributed by atoms with E-state index in [1.54, 1.807) is 24.3 Å². The van der Waals surface area contributed by atoms with E-state index in [4.69, 9.17) is 5.73 Å². The summed E-state index contributed by atoms with van der Waals surface area (Å²) in [6.07, 6.45) is 3.82. The van der Waals surface area contributed by atoms with Crippen LogP contribution in [0.15, 0.2) is 24.3 Å². The van der Waals surface area contributed by atoms with Gasteiger partial charge in [-0.2, -0.15) is 0 Å². The van der Waals surface area contributed by atoms with Crippen LogP contribution in [0.5, 0.6) is 5.75 Å². The molecule has 4 heteroatoms. The van der Waals surface area contributed by atoms with Gasteiger partial charge in [-0.25, -0.2) is 0 Å². The number of amides is 1. The van der Waals surface area contributed by atoms with Crippen LogP contribution < -0.4 is 11.1 Å². The maximum Gasteiger partial charge on any atom is 0.237 e. The number of aromatic hydroxyl groups is 1. The van der Waals surface area contributed by atoms with Crippen LogP contribution >= 0.6 is 0 Å². The zero-order valence-corrected chi connectivity index (χ0v) is 12.9. The highest BCUT2D eigenvalue weighted by Gasteiger charge is 2.26. The summed E-state index contributed by atoms with van der Waals surface area (Å²) < 4.78 is 0. The van der Waals surface area contributed by atoms with Crippen LogP contribution in [0.1, 0.15) is 38.7 Å². The van der Waals surface area contributed by atoms with Crippen molar-refractivity contribution in [2.75, 3.05) is 0 Å². The fraction of sp³-hybridized carbons (Fsp3) is 0.588. The van der Waals surface area contributed by atoms with Crippen molar-refractivity contribution in [3.8, 4) is 5.75 Å². The molecule has 116 valence electrons. The fourth-order valence-corrected chi connectivity index (χ4v) is 3.35. The molecule has 3 atom stereocenters. The van der Waals surface area contributed by atoms with E-state index < -0.39 is 6.04 Å². The number of rotatable bonds is 4. The Morgan fingerprint density at radius 2 is 1.81 bits per heavy atom. The quantitative estimate of drug-likeness (QED) is 0.795. The van der Waals surface area contributed by atoms with Gasteiger partial charge in [-0.05, 0) is 55.2 Å². The second-order valence-corrected chi connectivity index (χ2v) is 6.60. The van der Waals surface area contributed by atoms with Gasteiger partial charge in [0.1, 0.15) is 5.75 Å². The molecule has 0 spiro atoms. The van der Waals surface area contributed by atoms with Gasteiger partial charge < -0.3 is 16.2 Å². The number of hydrogen-bond donors (Lipinski definition) is 3. The summed E-state index contributed by atoms with van der Waals surface area (Å²) in [4.78, 5) is 12.2. The molecule has 1 aliphatic rings. The molecule has 21 heavy (non-hydrogen) atoms. The third kappa shape index (κ3) is 4.74. The predicted molar refractivity (Wildman–Crippen MR) is 83.9 cm³/mol. The molecule has 2 unspecified atom stereocenters. The van der Waals surface area contributed by atoms with Gasteiger partial charge in [-0.15, -0.1) is 0 Å². The van der Waals surface area contributed by atoms with Crippen molar-refractivity contribution in [2.45, 2.75) is 51.6 Å². The lowest BCUT2D eigenvalue weighted by atomic mass is 9.80. The summed E-state index contributed by atoms with van der Waals surface area (Å²) in [7, 11) is 0. The van der Waals surface area contributed by atoms with Gasteiger partial charge in [-0.1, -0.05) is 26.0 Å². The van der Waals surface area contributed by atoms with Crippen molar-refractivity contribution in [1.82, 2.24) is 5.32 Å². The van der Waals surface area contributed by atoms with Gasteiger partial charge in [0, 0.05) is 6.04 Å². The second kappa shape index (κ2) is 6.94. The van der Waals surface area contributed by atoms with Crippen LogP contribution in [0.4, 0.5) is 0 Å². The third-order valence-corrected chi connectivity index (χ3v) is 4.25. The van der Waals surface area contributed by atoms with Crippen LogP contribution in [0, 0.1) is 11.8 Å². The maximum atomic E-state index is 12.2. The first kappa shape index (κ1) is 15.8. The molecule has 0 saturated heterocycles. The molecule has 0 bridgehead atoms. The minimum absolute atomic E-state index is 0.0747. The van der Waals surface area contributed by atoms with Crippen molar-refractivity contribution >= 4 is 5.91 Å². The molecule has 1 saturated carbocycles. The summed E-state index contributed by atoms with van der Waals surface area (Å²) in [5, 5.41) is 12.4. The lowest BCUT2D eigenvalue weighted by Crippen LogP contribution is -2.48. The maximum absolute atomic E-state index is 12.2. The van der Waals surface area contributed by atoms with E-state index in [2.05, 4.69) is 19.2 Å². The number of phenols is 1. The minimum Gasteiger partial charge on any atom is -0.508 e. The number of phenolic OH excluding ortho intramolecular Hbond substituents is 1. The number of carbonyl (C=O) groups is 1. The summed E-state index contributed by atoms with van der Waals surface area (Å²) in [5.74, 6) is 1.47. The average Bonchev–Trinajstić information content (AvgIpc) is 2.40. The molecule has 2 rings (SSSR count). The molecule has 1 amide bonds. The second-order valence-electron chi connectivity index (χ2n) is 6.60. The molecule has 0 radical (unpaired) electrons. The first-order valence-electron chi connectivity index (χ1n) is 7.78. The molecule has 1 aliphatic carbocycles. The van der Waals surface area contributed by atoms with Gasteiger partial charge in [-0.3, -0.25) is 4.79 Å². The number of benzene rings is 1. The Balaban J connectivity index is 1.86. The van der Waals surface area contributed by atoms with E-state index in [1.807, 2.05) is 0 Å². The smallest absolute Gasteiger partial charge is 0.237 e. The van der Waals surface area contributed by atoms with E-state index in [0.29, 0.717) is 18.3 Å². The highest BCUT2D eigenvalue weighted by Crippen LogP contribution is 2.28. The van der Waals surface area contributed by atoms with Crippen LogP contribution in [0.25, 0.3) is 0 Å². The Labute approximate surface area is 126 Å². The van der Waals surface area contributed by atoms with Crippen LogP contribution in [-0.2, 0) is 11.2 Å². The topological polar surface area (TPSA) is 75.4 Å². The van der Waals surface area contributed by atoms with Crippen molar-refractivity contribution in [2.24, 2.45) is 17.6 Å². The molecule has 0 heterocycles. The van der Waals surface area contributed by atoms with E-state index >= 15 is 0 Å². The largest absolute Gasteiger partial charge is 0.508 e. The molecule has 0 aliphatic heterocycles. The molecule has 1 fully saturated rings. The highest BCUT2D eigenvalue weighted by atomic mass is 16.3. The Morgan fingerprint density at radius 1 is 1.24 bits per heavy atom. The first-order chi connectivity index (χ1) is 9.94. The summed E-state index contributed by atoms with van der Waals surface area (Å²) in [6, 6.07) is 6.54. The van der Waals surface area contributed by atoms with E-state index in [-0.39, 0.29) is 17.7 Å². The first-order valence-corrected chi connectivity index (χ1v) is 7.78.